The molecule has 4 rings (SSSR count). The predicted octanol–water partition coefficient (Wildman–Crippen LogP) is 4.41. The van der Waals surface area contributed by atoms with Crippen LogP contribution in [-0.2, 0) is 37.8 Å². The van der Waals surface area contributed by atoms with Gasteiger partial charge in [-0.15, -0.1) is 0 Å². The van der Waals surface area contributed by atoms with Crippen molar-refractivity contribution < 1.29 is 37.0 Å². The zero-order valence-electron chi connectivity index (χ0n) is 25.4. The zero-order chi connectivity index (χ0) is 31.0. The molecule has 1 aromatic heterocycles. The van der Waals surface area contributed by atoms with Crippen LogP contribution in [-0.4, -0.2) is 75.0 Å². The molecule has 1 N–H and O–H groups in total. The number of amides is 1. The summed E-state index contributed by atoms with van der Waals surface area (Å²) < 4.78 is 46.0. The number of rotatable bonds is 13. The third kappa shape index (κ3) is 7.84. The van der Waals surface area contributed by atoms with Crippen LogP contribution in [0.3, 0.4) is 0 Å². The van der Waals surface area contributed by atoms with Gasteiger partial charge < -0.3 is 24.1 Å². The smallest absolute Gasteiger partial charge is 0.305 e. The van der Waals surface area contributed by atoms with Gasteiger partial charge in [0.05, 0.1) is 37.5 Å². The van der Waals surface area contributed by atoms with Gasteiger partial charge in [0.1, 0.15) is 11.4 Å². The Kier molecular flexibility index (Phi) is 11.4. The molecule has 0 unspecified atom stereocenters. The fourth-order valence-electron chi connectivity index (χ4n) is 5.69. The largest absolute Gasteiger partial charge is 0.491 e. The Balaban J connectivity index is 1.53. The fourth-order valence-corrected chi connectivity index (χ4v) is 7.12. The van der Waals surface area contributed by atoms with Crippen LogP contribution in [0.4, 0.5) is 5.69 Å². The van der Waals surface area contributed by atoms with Crippen molar-refractivity contribution >= 4 is 33.4 Å². The number of morpholine rings is 1. The topological polar surface area (TPSA) is 133 Å². The first-order chi connectivity index (χ1) is 20.6. The number of fused-ring (bicyclic) bond motifs is 1. The van der Waals surface area contributed by atoms with E-state index in [2.05, 4.69) is 10.1 Å². The number of aromatic nitrogens is 1. The average Bonchev–Trinajstić information content (AvgIpc) is 3.11. The molecule has 1 aromatic carbocycles. The van der Waals surface area contributed by atoms with Crippen molar-refractivity contribution in [3.8, 4) is 5.75 Å². The number of esters is 1. The van der Waals surface area contributed by atoms with Crippen LogP contribution in [0.15, 0.2) is 23.1 Å². The highest BCUT2D eigenvalue weighted by atomic mass is 32.2. The highest BCUT2D eigenvalue weighted by Crippen LogP contribution is 2.33. The van der Waals surface area contributed by atoms with E-state index < -0.39 is 15.9 Å². The van der Waals surface area contributed by atoms with E-state index in [1.54, 1.807) is 17.7 Å². The highest BCUT2D eigenvalue weighted by Gasteiger charge is 2.30. The number of hydrogen-bond donors (Lipinski definition) is 1. The number of methoxy groups -OCH3 is 1. The van der Waals surface area contributed by atoms with Crippen molar-refractivity contribution in [1.82, 2.24) is 8.87 Å². The van der Waals surface area contributed by atoms with Crippen molar-refractivity contribution in [2.45, 2.75) is 76.0 Å². The van der Waals surface area contributed by atoms with E-state index in [9.17, 15) is 22.8 Å². The Hall–Kier alpha value is -3.22. The van der Waals surface area contributed by atoms with Gasteiger partial charge in [-0.3, -0.25) is 14.4 Å². The van der Waals surface area contributed by atoms with Crippen molar-refractivity contribution in [2.24, 2.45) is 7.05 Å². The zero-order valence-corrected chi connectivity index (χ0v) is 26.2. The van der Waals surface area contributed by atoms with Crippen LogP contribution in [0.25, 0.3) is 0 Å². The summed E-state index contributed by atoms with van der Waals surface area (Å²) in [4.78, 5) is 38.0. The van der Waals surface area contributed by atoms with Gasteiger partial charge in [-0.25, -0.2) is 8.42 Å². The van der Waals surface area contributed by atoms with Gasteiger partial charge in [-0.05, 0) is 62.8 Å². The summed E-state index contributed by atoms with van der Waals surface area (Å²) in [6, 6.07) is 4.53. The normalized spacial score (nSPS) is 15.9. The maximum atomic E-state index is 13.8. The quantitative estimate of drug-likeness (QED) is 0.199. The number of benzene rings is 1. The van der Waals surface area contributed by atoms with Gasteiger partial charge in [0, 0.05) is 44.2 Å². The Bertz CT molecular complexity index is 1430. The van der Waals surface area contributed by atoms with E-state index in [4.69, 9.17) is 9.47 Å². The van der Waals surface area contributed by atoms with Gasteiger partial charge in [0.2, 0.25) is 10.0 Å². The lowest BCUT2D eigenvalue weighted by Crippen LogP contribution is -2.40. The molecule has 0 bridgehead atoms. The number of nitrogens with one attached hydrogen (secondary N) is 1. The second-order valence-electron chi connectivity index (χ2n) is 11.0. The summed E-state index contributed by atoms with van der Waals surface area (Å²) >= 11 is 0. The fraction of sp³-hybridized carbons (Fsp3) is 0.581. The van der Waals surface area contributed by atoms with Gasteiger partial charge >= 0.3 is 5.97 Å². The number of ether oxygens (including phenoxy) is 3. The molecule has 1 aliphatic carbocycles. The van der Waals surface area contributed by atoms with Gasteiger partial charge in [0.15, 0.2) is 5.78 Å². The lowest BCUT2D eigenvalue weighted by Gasteiger charge is -2.26. The summed E-state index contributed by atoms with van der Waals surface area (Å²) in [5.74, 6) is -0.205. The molecule has 1 aliphatic heterocycles. The minimum atomic E-state index is -3.81. The molecule has 43 heavy (non-hydrogen) atoms. The molecule has 2 heterocycles. The Morgan fingerprint density at radius 2 is 1.72 bits per heavy atom. The lowest BCUT2D eigenvalue weighted by molar-refractivity contribution is -0.140. The summed E-state index contributed by atoms with van der Waals surface area (Å²) in [6.07, 6.45) is 7.37. The number of ketones is 1. The van der Waals surface area contributed by atoms with Crippen LogP contribution in [0.2, 0.25) is 0 Å². The molecule has 0 atom stereocenters. The first-order valence-electron chi connectivity index (χ1n) is 15.1. The van der Waals surface area contributed by atoms with E-state index >= 15 is 0 Å². The maximum absolute atomic E-state index is 13.8. The minimum Gasteiger partial charge on any atom is -0.491 e. The van der Waals surface area contributed by atoms with Crippen molar-refractivity contribution in [2.75, 3.05) is 45.3 Å². The maximum Gasteiger partial charge on any atom is 0.305 e. The molecular formula is C31H43N3O8S. The molecule has 236 valence electrons. The number of unbranched alkanes of at least 4 members (excludes halogenated alkanes) is 4. The van der Waals surface area contributed by atoms with Crippen LogP contribution in [0.1, 0.15) is 89.9 Å². The van der Waals surface area contributed by atoms with Crippen LogP contribution >= 0.6 is 0 Å². The number of hydrogen-bond acceptors (Lipinski definition) is 8. The molecule has 2 aliphatic rings. The van der Waals surface area contributed by atoms with Crippen molar-refractivity contribution in [1.29, 1.82) is 0 Å². The summed E-state index contributed by atoms with van der Waals surface area (Å²) in [6.45, 7) is 3.38. The first kappa shape index (κ1) is 32.7. The van der Waals surface area contributed by atoms with E-state index in [1.807, 2.05) is 6.92 Å². The van der Waals surface area contributed by atoms with Gasteiger partial charge in [0.25, 0.3) is 5.91 Å². The second kappa shape index (κ2) is 15.0. The molecule has 2 aromatic rings. The second-order valence-corrected chi connectivity index (χ2v) is 13.0. The van der Waals surface area contributed by atoms with Crippen LogP contribution in [0.5, 0.6) is 5.75 Å². The number of Topliss-reactive ketones (excluding diaryl/α,β-unsaturated/α-hetero) is 1. The van der Waals surface area contributed by atoms with Gasteiger partial charge in [-0.1, -0.05) is 19.3 Å². The summed E-state index contributed by atoms with van der Waals surface area (Å²) in [7, 11) is -0.656. The number of sulfonamides is 1. The Morgan fingerprint density at radius 3 is 2.47 bits per heavy atom. The number of carbonyl (C=O) groups is 3. The van der Waals surface area contributed by atoms with E-state index in [1.165, 1.54) is 23.5 Å². The van der Waals surface area contributed by atoms with Crippen molar-refractivity contribution in [3.05, 3.63) is 40.7 Å². The van der Waals surface area contributed by atoms with Gasteiger partial charge in [-0.2, -0.15) is 4.31 Å². The molecule has 1 fully saturated rings. The highest BCUT2D eigenvalue weighted by molar-refractivity contribution is 7.89. The Morgan fingerprint density at radius 1 is 1.02 bits per heavy atom. The van der Waals surface area contributed by atoms with Crippen LogP contribution < -0.4 is 10.1 Å². The molecule has 0 radical (unpaired) electrons. The lowest BCUT2D eigenvalue weighted by atomic mass is 10.0. The molecular weight excluding hydrogens is 574 g/mol. The number of nitrogens with zero attached hydrogens (tertiary/aromatic N) is 2. The number of anilines is 1. The van der Waals surface area contributed by atoms with E-state index in [-0.39, 0.29) is 35.4 Å². The van der Waals surface area contributed by atoms with Crippen LogP contribution in [0, 0.1) is 6.92 Å². The molecule has 1 saturated heterocycles. The molecule has 1 amide bonds. The SMILES string of the molecule is COC(=O)CCCCCCCOc1ccc(S(=O)(=O)N2CCOCC2)cc1NC(=O)c1c2c(c(C)n1C)C(=O)CCCC2. The predicted molar refractivity (Wildman–Crippen MR) is 161 cm³/mol. The monoisotopic (exact) mass is 617 g/mol. The number of carbonyl (C=O) groups excluding carboxylic acids is 3. The molecule has 11 nitrogen and oxygen atoms in total. The first-order valence-corrected chi connectivity index (χ1v) is 16.5. The standard InChI is InChI=1S/C31H43N3O8S/c1-22-29-24(11-8-9-12-26(29)35)30(33(22)2)31(37)32-25-21-23(43(38,39)34-16-19-41-20-17-34)14-15-27(25)42-18-10-6-4-5-7-13-28(36)40-3/h14-15,21H,4-13,16-20H2,1-3H3,(H,32,37). The summed E-state index contributed by atoms with van der Waals surface area (Å²) in [5.41, 5.74) is 2.77. The summed E-state index contributed by atoms with van der Waals surface area (Å²) in [5, 5.41) is 2.92. The third-order valence-electron chi connectivity index (χ3n) is 8.18. The van der Waals surface area contributed by atoms with Crippen molar-refractivity contribution in [3.63, 3.8) is 0 Å². The molecule has 0 saturated carbocycles. The van der Waals surface area contributed by atoms with E-state index in [0.717, 1.165) is 56.2 Å². The van der Waals surface area contributed by atoms with E-state index in [0.29, 0.717) is 56.1 Å². The molecule has 0 spiro atoms. The average molecular weight is 618 g/mol. The minimum absolute atomic E-state index is 0.0487. The Labute approximate surface area is 253 Å². The third-order valence-corrected chi connectivity index (χ3v) is 10.1. The molecule has 12 heteroatoms.